The van der Waals surface area contributed by atoms with E-state index in [0.717, 1.165) is 25.9 Å². The third-order valence-corrected chi connectivity index (χ3v) is 3.66. The highest BCUT2D eigenvalue weighted by Gasteiger charge is 2.23. The van der Waals surface area contributed by atoms with Crippen LogP contribution in [0.2, 0.25) is 0 Å². The summed E-state index contributed by atoms with van der Waals surface area (Å²) >= 11 is 0. The van der Waals surface area contributed by atoms with E-state index in [1.807, 2.05) is 0 Å². The van der Waals surface area contributed by atoms with Crippen LogP contribution < -0.4 is 10.6 Å². The zero-order valence-electron chi connectivity index (χ0n) is 9.43. The van der Waals surface area contributed by atoms with Crippen LogP contribution in [0.25, 0.3) is 0 Å². The predicted octanol–water partition coefficient (Wildman–Crippen LogP) is 1.43. The topological polar surface area (TPSA) is 41.1 Å². The van der Waals surface area contributed by atoms with Crippen molar-refractivity contribution in [3.8, 4) is 0 Å². The van der Waals surface area contributed by atoms with Crippen LogP contribution in [-0.2, 0) is 4.79 Å². The van der Waals surface area contributed by atoms with Gasteiger partial charge in [-0.1, -0.05) is 19.3 Å². The monoisotopic (exact) mass is 210 g/mol. The molecule has 1 unspecified atom stereocenters. The fraction of sp³-hybridized carbons (Fsp3) is 0.917. The minimum atomic E-state index is 0.292. The molecule has 1 saturated carbocycles. The van der Waals surface area contributed by atoms with E-state index in [-0.39, 0.29) is 0 Å². The van der Waals surface area contributed by atoms with Crippen molar-refractivity contribution >= 4 is 5.91 Å². The lowest BCUT2D eigenvalue weighted by Crippen LogP contribution is -2.44. The van der Waals surface area contributed by atoms with Crippen LogP contribution in [0.1, 0.15) is 44.9 Å². The Kier molecular flexibility index (Phi) is 4.01. The van der Waals surface area contributed by atoms with Gasteiger partial charge in [-0.15, -0.1) is 0 Å². The maximum absolute atomic E-state index is 11.7. The SMILES string of the molecule is O=C(NCC1CCCCN1)C1CCCC1. The molecule has 1 heterocycles. The lowest BCUT2D eigenvalue weighted by molar-refractivity contribution is -0.124. The number of nitrogens with one attached hydrogen (secondary N) is 2. The molecule has 86 valence electrons. The first-order chi connectivity index (χ1) is 7.36. The van der Waals surface area contributed by atoms with E-state index < -0.39 is 0 Å². The molecular formula is C12H22N2O. The van der Waals surface area contributed by atoms with Crippen molar-refractivity contribution in [1.29, 1.82) is 0 Å². The van der Waals surface area contributed by atoms with Crippen molar-refractivity contribution in [3.05, 3.63) is 0 Å². The smallest absolute Gasteiger partial charge is 0.223 e. The second-order valence-electron chi connectivity index (χ2n) is 4.87. The summed E-state index contributed by atoms with van der Waals surface area (Å²) in [5.74, 6) is 0.605. The molecule has 3 heteroatoms. The molecule has 2 fully saturated rings. The van der Waals surface area contributed by atoms with Gasteiger partial charge < -0.3 is 10.6 Å². The lowest BCUT2D eigenvalue weighted by atomic mass is 10.0. The summed E-state index contributed by atoms with van der Waals surface area (Å²) in [5, 5.41) is 6.54. The van der Waals surface area contributed by atoms with Crippen LogP contribution in [0.15, 0.2) is 0 Å². The van der Waals surface area contributed by atoms with Gasteiger partial charge in [0.25, 0.3) is 0 Å². The van der Waals surface area contributed by atoms with Gasteiger partial charge in [0.2, 0.25) is 5.91 Å². The molecule has 0 radical (unpaired) electrons. The van der Waals surface area contributed by atoms with Crippen LogP contribution >= 0.6 is 0 Å². The molecule has 15 heavy (non-hydrogen) atoms. The Morgan fingerprint density at radius 2 is 1.87 bits per heavy atom. The van der Waals surface area contributed by atoms with Crippen molar-refractivity contribution in [2.75, 3.05) is 13.1 Å². The summed E-state index contributed by atoms with van der Waals surface area (Å²) in [6, 6.07) is 0.518. The molecule has 0 aromatic rings. The molecule has 0 bridgehead atoms. The molecular weight excluding hydrogens is 188 g/mol. The molecule has 1 aliphatic heterocycles. The van der Waals surface area contributed by atoms with Gasteiger partial charge in [0.15, 0.2) is 0 Å². The molecule has 3 nitrogen and oxygen atoms in total. The molecule has 1 atom stereocenters. The number of carbonyl (C=O) groups excluding carboxylic acids is 1. The van der Waals surface area contributed by atoms with Crippen LogP contribution in [0, 0.1) is 5.92 Å². The van der Waals surface area contributed by atoms with E-state index in [9.17, 15) is 4.79 Å². The van der Waals surface area contributed by atoms with E-state index in [2.05, 4.69) is 10.6 Å². The lowest BCUT2D eigenvalue weighted by Gasteiger charge is -2.24. The Morgan fingerprint density at radius 1 is 1.13 bits per heavy atom. The Hall–Kier alpha value is -0.570. The maximum atomic E-state index is 11.7. The van der Waals surface area contributed by atoms with Crippen molar-refractivity contribution < 1.29 is 4.79 Å². The fourth-order valence-electron chi connectivity index (χ4n) is 2.65. The second kappa shape index (κ2) is 5.50. The highest BCUT2D eigenvalue weighted by Crippen LogP contribution is 2.24. The van der Waals surface area contributed by atoms with Gasteiger partial charge in [-0.2, -0.15) is 0 Å². The highest BCUT2D eigenvalue weighted by atomic mass is 16.1. The van der Waals surface area contributed by atoms with E-state index in [1.165, 1.54) is 32.1 Å². The predicted molar refractivity (Wildman–Crippen MR) is 60.6 cm³/mol. The average Bonchev–Trinajstić information content (AvgIpc) is 2.81. The standard InChI is InChI=1S/C12H22N2O/c15-12(10-5-1-2-6-10)14-9-11-7-3-4-8-13-11/h10-11,13H,1-9H2,(H,14,15). The minimum Gasteiger partial charge on any atom is -0.354 e. The Morgan fingerprint density at radius 3 is 2.53 bits per heavy atom. The van der Waals surface area contributed by atoms with Gasteiger partial charge >= 0.3 is 0 Å². The molecule has 1 amide bonds. The molecule has 1 aliphatic carbocycles. The van der Waals surface area contributed by atoms with E-state index in [1.54, 1.807) is 0 Å². The first kappa shape index (κ1) is 10.9. The van der Waals surface area contributed by atoms with Gasteiger partial charge in [-0.05, 0) is 32.2 Å². The zero-order chi connectivity index (χ0) is 10.5. The summed E-state index contributed by atoms with van der Waals surface area (Å²) in [7, 11) is 0. The fourth-order valence-corrected chi connectivity index (χ4v) is 2.65. The van der Waals surface area contributed by atoms with Crippen molar-refractivity contribution in [2.24, 2.45) is 5.92 Å². The van der Waals surface area contributed by atoms with Crippen LogP contribution in [0.5, 0.6) is 0 Å². The van der Waals surface area contributed by atoms with Gasteiger partial charge in [-0.3, -0.25) is 4.79 Å². The second-order valence-corrected chi connectivity index (χ2v) is 4.87. The first-order valence-electron chi connectivity index (χ1n) is 6.37. The number of hydrogen-bond acceptors (Lipinski definition) is 2. The third-order valence-electron chi connectivity index (χ3n) is 3.66. The van der Waals surface area contributed by atoms with Crippen molar-refractivity contribution in [3.63, 3.8) is 0 Å². The van der Waals surface area contributed by atoms with E-state index in [0.29, 0.717) is 17.9 Å². The number of carbonyl (C=O) groups is 1. The Labute approximate surface area is 92.0 Å². The molecule has 2 aliphatic rings. The Bertz CT molecular complexity index is 206. The number of piperidine rings is 1. The highest BCUT2D eigenvalue weighted by molar-refractivity contribution is 5.78. The molecule has 2 rings (SSSR count). The molecule has 0 spiro atoms. The summed E-state index contributed by atoms with van der Waals surface area (Å²) in [4.78, 5) is 11.7. The van der Waals surface area contributed by atoms with Gasteiger partial charge in [0.1, 0.15) is 0 Å². The summed E-state index contributed by atoms with van der Waals surface area (Å²) < 4.78 is 0. The maximum Gasteiger partial charge on any atom is 0.223 e. The van der Waals surface area contributed by atoms with E-state index >= 15 is 0 Å². The number of rotatable bonds is 3. The van der Waals surface area contributed by atoms with Gasteiger partial charge in [0.05, 0.1) is 0 Å². The van der Waals surface area contributed by atoms with Crippen LogP contribution in [0.4, 0.5) is 0 Å². The van der Waals surface area contributed by atoms with Crippen molar-refractivity contribution in [1.82, 2.24) is 10.6 Å². The Balaban J connectivity index is 1.65. The molecule has 0 aromatic heterocycles. The number of amides is 1. The quantitative estimate of drug-likeness (QED) is 0.740. The largest absolute Gasteiger partial charge is 0.354 e. The average molecular weight is 210 g/mol. The zero-order valence-corrected chi connectivity index (χ0v) is 9.43. The van der Waals surface area contributed by atoms with Crippen LogP contribution in [0.3, 0.4) is 0 Å². The van der Waals surface area contributed by atoms with E-state index in [4.69, 9.17) is 0 Å². The summed E-state index contributed by atoms with van der Waals surface area (Å²) in [6.07, 6.45) is 8.47. The molecule has 2 N–H and O–H groups in total. The molecule has 1 saturated heterocycles. The third kappa shape index (κ3) is 3.20. The molecule has 0 aromatic carbocycles. The van der Waals surface area contributed by atoms with Crippen molar-refractivity contribution in [2.45, 2.75) is 51.0 Å². The van der Waals surface area contributed by atoms with Gasteiger partial charge in [0, 0.05) is 18.5 Å². The minimum absolute atomic E-state index is 0.292. The van der Waals surface area contributed by atoms with Gasteiger partial charge in [-0.25, -0.2) is 0 Å². The summed E-state index contributed by atoms with van der Waals surface area (Å²) in [6.45, 7) is 1.94. The summed E-state index contributed by atoms with van der Waals surface area (Å²) in [5.41, 5.74) is 0. The first-order valence-corrected chi connectivity index (χ1v) is 6.37. The number of hydrogen-bond donors (Lipinski definition) is 2. The van der Waals surface area contributed by atoms with Crippen LogP contribution in [-0.4, -0.2) is 25.0 Å². The normalized spacial score (nSPS) is 27.9.